The molecule has 0 atom stereocenters. The summed E-state index contributed by atoms with van der Waals surface area (Å²) in [6.07, 6.45) is 0.838. The fourth-order valence-electron chi connectivity index (χ4n) is 2.23. The second kappa shape index (κ2) is 5.41. The number of hydrazine groups is 1. The Morgan fingerprint density at radius 2 is 2.14 bits per heavy atom. The molecule has 21 heavy (non-hydrogen) atoms. The van der Waals surface area contributed by atoms with Crippen LogP contribution in [0, 0.1) is 0 Å². The van der Waals surface area contributed by atoms with Gasteiger partial charge in [0.1, 0.15) is 11.6 Å². The molecule has 0 fully saturated rings. The predicted octanol–water partition coefficient (Wildman–Crippen LogP) is 2.25. The second-order valence-corrected chi connectivity index (χ2v) is 4.66. The van der Waals surface area contributed by atoms with Crippen molar-refractivity contribution in [1.82, 2.24) is 14.6 Å². The summed E-state index contributed by atoms with van der Waals surface area (Å²) in [6, 6.07) is 11.6. The lowest BCUT2D eigenvalue weighted by atomic mass is 10.1. The minimum Gasteiger partial charge on any atom is -0.497 e. The maximum atomic E-state index is 5.57. The van der Waals surface area contributed by atoms with Crippen LogP contribution >= 0.6 is 0 Å². The number of methoxy groups -OCH3 is 1. The van der Waals surface area contributed by atoms with Crippen LogP contribution in [0.25, 0.3) is 16.9 Å². The van der Waals surface area contributed by atoms with Gasteiger partial charge in [-0.3, -0.25) is 0 Å². The summed E-state index contributed by atoms with van der Waals surface area (Å²) in [6.45, 7) is 2.05. The molecule has 0 aliphatic heterocycles. The molecule has 0 spiro atoms. The molecule has 0 saturated heterocycles. The van der Waals surface area contributed by atoms with Gasteiger partial charge in [0.25, 0.3) is 0 Å². The van der Waals surface area contributed by atoms with Crippen molar-refractivity contribution in [2.45, 2.75) is 13.3 Å². The van der Waals surface area contributed by atoms with Crippen LogP contribution < -0.4 is 16.0 Å². The maximum Gasteiger partial charge on any atom is 0.158 e. The molecule has 2 heterocycles. The topological polar surface area (TPSA) is 77.5 Å². The largest absolute Gasteiger partial charge is 0.497 e. The van der Waals surface area contributed by atoms with E-state index in [0.717, 1.165) is 34.8 Å². The second-order valence-electron chi connectivity index (χ2n) is 4.66. The van der Waals surface area contributed by atoms with E-state index in [4.69, 9.17) is 10.6 Å². The molecule has 6 nitrogen and oxygen atoms in total. The molecule has 3 aromatic rings. The number of nitrogens with zero attached hydrogens (tertiary/aromatic N) is 3. The number of ether oxygens (including phenoxy) is 1. The van der Waals surface area contributed by atoms with Gasteiger partial charge in [-0.1, -0.05) is 19.1 Å². The van der Waals surface area contributed by atoms with Crippen molar-refractivity contribution in [3.63, 3.8) is 0 Å². The highest BCUT2D eigenvalue weighted by Crippen LogP contribution is 2.24. The molecule has 3 N–H and O–H groups in total. The fourth-order valence-corrected chi connectivity index (χ4v) is 2.23. The number of anilines is 1. The van der Waals surface area contributed by atoms with Gasteiger partial charge in [-0.15, -0.1) is 0 Å². The van der Waals surface area contributed by atoms with Gasteiger partial charge < -0.3 is 10.2 Å². The molecule has 0 amide bonds. The summed E-state index contributed by atoms with van der Waals surface area (Å²) in [5.41, 5.74) is 6.20. The minimum absolute atomic E-state index is 0.714. The average Bonchev–Trinajstić information content (AvgIpc) is 2.97. The lowest BCUT2D eigenvalue weighted by molar-refractivity contribution is 0.415. The third kappa shape index (κ3) is 2.41. The van der Waals surface area contributed by atoms with E-state index in [2.05, 4.69) is 22.4 Å². The van der Waals surface area contributed by atoms with Gasteiger partial charge in [0, 0.05) is 23.4 Å². The quantitative estimate of drug-likeness (QED) is 0.567. The lowest BCUT2D eigenvalue weighted by Crippen LogP contribution is -2.12. The van der Waals surface area contributed by atoms with E-state index < -0.39 is 0 Å². The van der Waals surface area contributed by atoms with Gasteiger partial charge in [-0.25, -0.2) is 10.8 Å². The Labute approximate surface area is 122 Å². The van der Waals surface area contributed by atoms with Crippen molar-refractivity contribution in [1.29, 1.82) is 0 Å². The number of nitrogen functional groups attached to an aromatic ring is 1. The molecule has 108 valence electrons. The van der Waals surface area contributed by atoms with Gasteiger partial charge in [0.15, 0.2) is 5.65 Å². The molecular formula is C15H17N5O. The predicted molar refractivity (Wildman–Crippen MR) is 82.2 cm³/mol. The van der Waals surface area contributed by atoms with E-state index >= 15 is 0 Å². The lowest BCUT2D eigenvalue weighted by Gasteiger charge is -2.05. The molecule has 2 aromatic heterocycles. The van der Waals surface area contributed by atoms with E-state index in [9.17, 15) is 0 Å². The standard InChI is InChI=1S/C15H17N5O/c1-3-11-8-15(18-16)20-14(17-11)9-13(19-20)10-5-4-6-12(7-10)21-2/h4-9,18H,3,16H2,1-2H3. The van der Waals surface area contributed by atoms with Crippen LogP contribution in [0.3, 0.4) is 0 Å². The number of fused-ring (bicyclic) bond motifs is 1. The van der Waals surface area contributed by atoms with E-state index in [1.807, 2.05) is 36.4 Å². The zero-order chi connectivity index (χ0) is 14.8. The Hall–Kier alpha value is -2.60. The molecule has 0 radical (unpaired) electrons. The van der Waals surface area contributed by atoms with Crippen molar-refractivity contribution in [3.05, 3.63) is 42.1 Å². The van der Waals surface area contributed by atoms with Gasteiger partial charge in [0.05, 0.1) is 12.8 Å². The summed E-state index contributed by atoms with van der Waals surface area (Å²) in [4.78, 5) is 4.56. The van der Waals surface area contributed by atoms with Crippen molar-refractivity contribution in [2.75, 3.05) is 12.5 Å². The highest BCUT2D eigenvalue weighted by atomic mass is 16.5. The third-order valence-corrected chi connectivity index (χ3v) is 3.36. The van der Waals surface area contributed by atoms with Gasteiger partial charge in [0.2, 0.25) is 0 Å². The summed E-state index contributed by atoms with van der Waals surface area (Å²) in [5.74, 6) is 7.08. The Balaban J connectivity index is 2.15. The average molecular weight is 283 g/mol. The monoisotopic (exact) mass is 283 g/mol. The number of nitrogens with two attached hydrogens (primary N) is 1. The van der Waals surface area contributed by atoms with Gasteiger partial charge >= 0.3 is 0 Å². The SMILES string of the molecule is CCc1cc(NN)n2nc(-c3cccc(OC)c3)cc2n1. The number of hydrogen-bond donors (Lipinski definition) is 2. The Bertz CT molecular complexity index is 781. The van der Waals surface area contributed by atoms with Crippen molar-refractivity contribution in [3.8, 4) is 17.0 Å². The molecule has 6 heteroatoms. The fraction of sp³-hybridized carbons (Fsp3) is 0.200. The van der Waals surface area contributed by atoms with Crippen molar-refractivity contribution >= 4 is 11.5 Å². The first-order chi connectivity index (χ1) is 10.2. The summed E-state index contributed by atoms with van der Waals surface area (Å²) >= 11 is 0. The third-order valence-electron chi connectivity index (χ3n) is 3.36. The molecule has 1 aromatic carbocycles. The van der Waals surface area contributed by atoms with E-state index in [-0.39, 0.29) is 0 Å². The summed E-state index contributed by atoms with van der Waals surface area (Å²) in [7, 11) is 1.65. The van der Waals surface area contributed by atoms with Crippen LogP contribution in [0.4, 0.5) is 5.82 Å². The number of aryl methyl sites for hydroxylation is 1. The van der Waals surface area contributed by atoms with Crippen LogP contribution in [-0.4, -0.2) is 21.7 Å². The first-order valence-corrected chi connectivity index (χ1v) is 6.76. The van der Waals surface area contributed by atoms with E-state index in [1.165, 1.54) is 0 Å². The van der Waals surface area contributed by atoms with Crippen LogP contribution in [0.5, 0.6) is 5.75 Å². The van der Waals surface area contributed by atoms with Crippen LogP contribution in [-0.2, 0) is 6.42 Å². The molecular weight excluding hydrogens is 266 g/mol. The van der Waals surface area contributed by atoms with E-state index in [0.29, 0.717) is 5.82 Å². The van der Waals surface area contributed by atoms with Crippen LogP contribution in [0.1, 0.15) is 12.6 Å². The number of hydrogen-bond acceptors (Lipinski definition) is 5. The molecule has 0 unspecified atom stereocenters. The zero-order valence-electron chi connectivity index (χ0n) is 12.0. The van der Waals surface area contributed by atoms with Crippen LogP contribution in [0.15, 0.2) is 36.4 Å². The molecule has 3 rings (SSSR count). The number of benzene rings is 1. The Kier molecular flexibility index (Phi) is 3.45. The Morgan fingerprint density at radius 1 is 1.29 bits per heavy atom. The normalized spacial score (nSPS) is 10.8. The first kappa shape index (κ1) is 13.4. The molecule has 0 saturated carbocycles. The summed E-state index contributed by atoms with van der Waals surface area (Å²) < 4.78 is 6.95. The molecule has 0 bridgehead atoms. The highest BCUT2D eigenvalue weighted by Gasteiger charge is 2.10. The minimum atomic E-state index is 0.714. The van der Waals surface area contributed by atoms with Gasteiger partial charge in [-0.2, -0.15) is 9.61 Å². The Morgan fingerprint density at radius 3 is 2.86 bits per heavy atom. The maximum absolute atomic E-state index is 5.57. The van der Waals surface area contributed by atoms with Gasteiger partial charge in [-0.05, 0) is 18.6 Å². The zero-order valence-corrected chi connectivity index (χ0v) is 12.0. The summed E-state index contributed by atoms with van der Waals surface area (Å²) in [5, 5.41) is 4.56. The first-order valence-electron chi connectivity index (χ1n) is 6.76. The van der Waals surface area contributed by atoms with Crippen LogP contribution in [0.2, 0.25) is 0 Å². The van der Waals surface area contributed by atoms with E-state index in [1.54, 1.807) is 11.6 Å². The number of rotatable bonds is 4. The van der Waals surface area contributed by atoms with Crippen molar-refractivity contribution < 1.29 is 4.74 Å². The van der Waals surface area contributed by atoms with Crippen molar-refractivity contribution in [2.24, 2.45) is 5.84 Å². The molecule has 0 aliphatic carbocycles. The smallest absolute Gasteiger partial charge is 0.158 e. The highest BCUT2D eigenvalue weighted by molar-refractivity contribution is 5.67. The molecule has 0 aliphatic rings. The number of nitrogens with one attached hydrogen (secondary N) is 1. The number of aromatic nitrogens is 3.